The number of amides is 1. The number of benzene rings is 2. The lowest BCUT2D eigenvalue weighted by Crippen LogP contribution is -2.32. The van der Waals surface area contributed by atoms with Crippen LogP contribution in [0.4, 0.5) is 4.79 Å². The molecule has 31 heavy (non-hydrogen) atoms. The molecule has 5 heteroatoms. The van der Waals surface area contributed by atoms with Gasteiger partial charge < -0.3 is 10.1 Å². The molecule has 4 aromatic rings. The third-order valence-corrected chi connectivity index (χ3v) is 4.73. The normalized spacial score (nSPS) is 11.3. The second-order valence-corrected chi connectivity index (χ2v) is 8.34. The van der Waals surface area contributed by atoms with E-state index < -0.39 is 11.7 Å². The van der Waals surface area contributed by atoms with Crippen LogP contribution in [0.15, 0.2) is 79.0 Å². The van der Waals surface area contributed by atoms with E-state index in [1.54, 1.807) is 6.20 Å². The number of ether oxygens (including phenoxy) is 1. The molecule has 2 heterocycles. The molecule has 0 aliphatic rings. The molecule has 0 spiro atoms. The summed E-state index contributed by atoms with van der Waals surface area (Å²) in [6, 6.07) is 24.2. The van der Waals surface area contributed by atoms with E-state index in [1.165, 1.54) is 0 Å². The van der Waals surface area contributed by atoms with Gasteiger partial charge in [-0.2, -0.15) is 0 Å². The Balaban J connectivity index is 1.63. The molecular formula is C26H25N3O2. The van der Waals surface area contributed by atoms with Crippen molar-refractivity contribution in [1.82, 2.24) is 15.3 Å². The van der Waals surface area contributed by atoms with Crippen molar-refractivity contribution in [3.8, 4) is 22.4 Å². The molecule has 0 saturated carbocycles. The Labute approximate surface area is 182 Å². The third-order valence-electron chi connectivity index (χ3n) is 4.73. The van der Waals surface area contributed by atoms with Crippen LogP contribution in [0.5, 0.6) is 0 Å². The van der Waals surface area contributed by atoms with Gasteiger partial charge in [-0.3, -0.25) is 4.98 Å². The van der Waals surface area contributed by atoms with Crippen molar-refractivity contribution in [2.75, 3.05) is 0 Å². The van der Waals surface area contributed by atoms with Crippen LogP contribution < -0.4 is 5.32 Å². The molecule has 0 radical (unpaired) electrons. The van der Waals surface area contributed by atoms with Crippen molar-refractivity contribution < 1.29 is 9.53 Å². The predicted octanol–water partition coefficient (Wildman–Crippen LogP) is 5.99. The standard InChI is InChI=1S/C26H25N3O2/c1-26(2,3)31-25(30)28-17-18-11-13-20(14-12-18)24-21(19-8-5-4-6-9-19)16-23-22(29-24)10-7-15-27-23/h4-16H,17H2,1-3H3,(H,28,30). The highest BCUT2D eigenvalue weighted by molar-refractivity contribution is 5.89. The summed E-state index contributed by atoms with van der Waals surface area (Å²) >= 11 is 0. The van der Waals surface area contributed by atoms with Crippen molar-refractivity contribution in [1.29, 1.82) is 0 Å². The van der Waals surface area contributed by atoms with Gasteiger partial charge in [0.05, 0.1) is 16.7 Å². The van der Waals surface area contributed by atoms with Crippen LogP contribution in [0.3, 0.4) is 0 Å². The van der Waals surface area contributed by atoms with Gasteiger partial charge in [0.1, 0.15) is 5.60 Å². The molecule has 4 rings (SSSR count). The monoisotopic (exact) mass is 411 g/mol. The number of carbonyl (C=O) groups excluding carboxylic acids is 1. The number of nitrogens with zero attached hydrogens (tertiary/aromatic N) is 2. The van der Waals surface area contributed by atoms with Gasteiger partial charge in [0, 0.05) is 23.9 Å². The maximum Gasteiger partial charge on any atom is 0.407 e. The maximum atomic E-state index is 11.9. The Morgan fingerprint density at radius 1 is 0.903 bits per heavy atom. The fourth-order valence-electron chi connectivity index (χ4n) is 3.33. The minimum atomic E-state index is -0.515. The Hall–Kier alpha value is -3.73. The van der Waals surface area contributed by atoms with E-state index in [0.717, 1.165) is 39.0 Å². The first kappa shape index (κ1) is 20.5. The molecule has 0 aliphatic carbocycles. The zero-order valence-electron chi connectivity index (χ0n) is 17.9. The molecule has 1 amide bonds. The lowest BCUT2D eigenvalue weighted by Gasteiger charge is -2.19. The van der Waals surface area contributed by atoms with Gasteiger partial charge in [-0.25, -0.2) is 9.78 Å². The zero-order chi connectivity index (χ0) is 21.8. The second-order valence-electron chi connectivity index (χ2n) is 8.34. The quantitative estimate of drug-likeness (QED) is 0.448. The van der Waals surface area contributed by atoms with E-state index >= 15 is 0 Å². The van der Waals surface area contributed by atoms with Crippen molar-refractivity contribution >= 4 is 17.1 Å². The number of nitrogens with one attached hydrogen (secondary N) is 1. The first-order chi connectivity index (χ1) is 14.9. The topological polar surface area (TPSA) is 64.1 Å². The number of hydrogen-bond donors (Lipinski definition) is 1. The van der Waals surface area contributed by atoms with Crippen molar-refractivity contribution in [3.63, 3.8) is 0 Å². The van der Waals surface area contributed by atoms with Gasteiger partial charge in [0.15, 0.2) is 0 Å². The van der Waals surface area contributed by atoms with Crippen molar-refractivity contribution in [2.45, 2.75) is 32.9 Å². The summed E-state index contributed by atoms with van der Waals surface area (Å²) in [7, 11) is 0. The number of fused-ring (bicyclic) bond motifs is 1. The average molecular weight is 412 g/mol. The fraction of sp³-hybridized carbons (Fsp3) is 0.192. The Bertz CT molecular complexity index is 1200. The maximum absolute atomic E-state index is 11.9. The van der Waals surface area contributed by atoms with E-state index in [2.05, 4.69) is 28.5 Å². The molecule has 0 bridgehead atoms. The largest absolute Gasteiger partial charge is 0.444 e. The van der Waals surface area contributed by atoms with E-state index in [0.29, 0.717) is 6.54 Å². The zero-order valence-corrected chi connectivity index (χ0v) is 17.9. The number of carbonyl (C=O) groups is 1. The number of alkyl carbamates (subject to hydrolysis) is 1. The summed E-state index contributed by atoms with van der Waals surface area (Å²) in [6.07, 6.45) is 1.36. The molecule has 2 aromatic carbocycles. The molecule has 0 atom stereocenters. The third kappa shape index (κ3) is 5.07. The molecule has 5 nitrogen and oxygen atoms in total. The summed E-state index contributed by atoms with van der Waals surface area (Å²) in [5.41, 5.74) is 6.22. The van der Waals surface area contributed by atoms with E-state index in [4.69, 9.17) is 9.72 Å². The molecule has 156 valence electrons. The highest BCUT2D eigenvalue weighted by Gasteiger charge is 2.16. The van der Waals surface area contributed by atoms with Gasteiger partial charge in [0.2, 0.25) is 0 Å². The molecule has 0 saturated heterocycles. The van der Waals surface area contributed by atoms with Crippen LogP contribution in [0.1, 0.15) is 26.3 Å². The van der Waals surface area contributed by atoms with Gasteiger partial charge in [-0.1, -0.05) is 54.6 Å². The van der Waals surface area contributed by atoms with E-state index in [-0.39, 0.29) is 0 Å². The van der Waals surface area contributed by atoms with Crippen molar-refractivity contribution in [3.05, 3.63) is 84.6 Å². The summed E-state index contributed by atoms with van der Waals surface area (Å²) in [4.78, 5) is 21.3. The Kier molecular flexibility index (Phi) is 5.67. The number of hydrogen-bond acceptors (Lipinski definition) is 4. The van der Waals surface area contributed by atoms with Crippen LogP contribution in [0.2, 0.25) is 0 Å². The number of pyridine rings is 2. The number of aromatic nitrogens is 2. The van der Waals surface area contributed by atoms with Crippen LogP contribution >= 0.6 is 0 Å². The smallest absolute Gasteiger partial charge is 0.407 e. The minimum absolute atomic E-state index is 0.399. The van der Waals surface area contributed by atoms with E-state index in [1.807, 2.05) is 75.4 Å². The van der Waals surface area contributed by atoms with Gasteiger partial charge in [-0.15, -0.1) is 0 Å². The SMILES string of the molecule is CC(C)(C)OC(=O)NCc1ccc(-c2nc3cccnc3cc2-c2ccccc2)cc1. The van der Waals surface area contributed by atoms with Crippen LogP contribution in [-0.2, 0) is 11.3 Å². The molecule has 1 N–H and O–H groups in total. The van der Waals surface area contributed by atoms with Crippen LogP contribution in [0.25, 0.3) is 33.4 Å². The summed E-state index contributed by atoms with van der Waals surface area (Å²) in [6.45, 7) is 5.93. The predicted molar refractivity (Wildman–Crippen MR) is 123 cm³/mol. The first-order valence-corrected chi connectivity index (χ1v) is 10.3. The number of rotatable bonds is 4. The molecule has 2 aromatic heterocycles. The average Bonchev–Trinajstić information content (AvgIpc) is 2.77. The molecule has 0 fully saturated rings. The van der Waals surface area contributed by atoms with E-state index in [9.17, 15) is 4.79 Å². The second kappa shape index (κ2) is 8.56. The summed E-state index contributed by atoms with van der Waals surface area (Å²) in [5.74, 6) is 0. The lowest BCUT2D eigenvalue weighted by molar-refractivity contribution is 0.0523. The molecule has 0 unspecified atom stereocenters. The molecule has 0 aliphatic heterocycles. The lowest BCUT2D eigenvalue weighted by atomic mass is 9.98. The summed E-state index contributed by atoms with van der Waals surface area (Å²) < 4.78 is 5.29. The molecular weight excluding hydrogens is 386 g/mol. The van der Waals surface area contributed by atoms with Gasteiger partial charge >= 0.3 is 6.09 Å². The van der Waals surface area contributed by atoms with Crippen LogP contribution in [-0.4, -0.2) is 21.7 Å². The summed E-state index contributed by atoms with van der Waals surface area (Å²) in [5, 5.41) is 2.79. The fourth-order valence-corrected chi connectivity index (χ4v) is 3.33. The van der Waals surface area contributed by atoms with Gasteiger partial charge in [-0.05, 0) is 50.1 Å². The highest BCUT2D eigenvalue weighted by atomic mass is 16.6. The Morgan fingerprint density at radius 2 is 1.65 bits per heavy atom. The first-order valence-electron chi connectivity index (χ1n) is 10.3. The minimum Gasteiger partial charge on any atom is -0.444 e. The Morgan fingerprint density at radius 3 is 2.35 bits per heavy atom. The van der Waals surface area contributed by atoms with Crippen molar-refractivity contribution in [2.24, 2.45) is 0 Å². The highest BCUT2D eigenvalue weighted by Crippen LogP contribution is 2.32. The van der Waals surface area contributed by atoms with Crippen LogP contribution in [0, 0.1) is 0 Å². The van der Waals surface area contributed by atoms with Gasteiger partial charge in [0.25, 0.3) is 0 Å².